The minimum Gasteiger partial charge on any atom is -0.495 e. The van der Waals surface area contributed by atoms with Crippen LogP contribution in [0.25, 0.3) is 0 Å². The maximum absolute atomic E-state index is 14.2. The van der Waals surface area contributed by atoms with Gasteiger partial charge in [-0.25, -0.2) is 4.98 Å². The van der Waals surface area contributed by atoms with Crippen molar-refractivity contribution < 1.29 is 41.8 Å². The van der Waals surface area contributed by atoms with Crippen molar-refractivity contribution >= 4 is 48.2 Å². The molecule has 0 radical (unpaired) electrons. The summed E-state index contributed by atoms with van der Waals surface area (Å²) in [5.41, 5.74) is 1.23. The van der Waals surface area contributed by atoms with Gasteiger partial charge in [0.05, 0.1) is 29.2 Å². The van der Waals surface area contributed by atoms with Crippen LogP contribution >= 0.6 is 7.60 Å². The fraction of sp³-hybridized carbons (Fsp3) is 0.438. The second kappa shape index (κ2) is 13.5. The summed E-state index contributed by atoms with van der Waals surface area (Å²) < 4.78 is 60.7. The number of piperazine rings is 1. The highest BCUT2D eigenvalue weighted by Crippen LogP contribution is 2.61. The molecule has 2 aliphatic rings. The zero-order valence-electron chi connectivity index (χ0n) is 27.8. The van der Waals surface area contributed by atoms with E-state index >= 15 is 0 Å². The summed E-state index contributed by atoms with van der Waals surface area (Å²) in [6, 6.07) is 7.79. The number of anilines is 5. The molecule has 3 aromatic rings. The minimum absolute atomic E-state index is 0.0242. The first kappa shape index (κ1) is 35.9. The Kier molecular flexibility index (Phi) is 9.88. The number of benzene rings is 2. The minimum atomic E-state index is -4.84. The fourth-order valence-electron chi connectivity index (χ4n) is 6.52. The lowest BCUT2D eigenvalue weighted by atomic mass is 9.92. The maximum atomic E-state index is 14.2. The molecule has 1 aromatic heterocycles. The number of hydrogen-bond donors (Lipinski definition) is 4. The van der Waals surface area contributed by atoms with Gasteiger partial charge in [-0.05, 0) is 42.7 Å². The number of amides is 2. The van der Waals surface area contributed by atoms with Gasteiger partial charge in [-0.15, -0.1) is 0 Å². The number of carbonyl (C=O) groups excluding carboxylic acids is 2. The van der Waals surface area contributed by atoms with Crippen LogP contribution in [-0.4, -0.2) is 81.7 Å². The molecule has 4 N–H and O–H groups in total. The van der Waals surface area contributed by atoms with Crippen molar-refractivity contribution in [3.63, 3.8) is 0 Å². The molecular formula is C32H39F3N7O6P. The van der Waals surface area contributed by atoms with Crippen LogP contribution in [0.1, 0.15) is 60.7 Å². The van der Waals surface area contributed by atoms with Crippen LogP contribution in [0.3, 0.4) is 0 Å². The van der Waals surface area contributed by atoms with E-state index in [9.17, 15) is 37.1 Å². The van der Waals surface area contributed by atoms with Gasteiger partial charge in [0.25, 0.3) is 5.91 Å². The molecule has 17 heteroatoms. The van der Waals surface area contributed by atoms with E-state index in [-0.39, 0.29) is 59.8 Å². The molecule has 1 saturated heterocycles. The lowest BCUT2D eigenvalue weighted by Crippen LogP contribution is -2.48. The van der Waals surface area contributed by atoms with E-state index in [2.05, 4.69) is 25.5 Å². The predicted molar refractivity (Wildman–Crippen MR) is 178 cm³/mol. The summed E-state index contributed by atoms with van der Waals surface area (Å²) >= 11 is 0. The van der Waals surface area contributed by atoms with E-state index in [0.717, 1.165) is 5.69 Å². The van der Waals surface area contributed by atoms with Crippen LogP contribution in [0.2, 0.25) is 0 Å². The molecule has 5 rings (SSSR count). The molecule has 2 aromatic carbocycles. The van der Waals surface area contributed by atoms with Gasteiger partial charge in [-0.1, -0.05) is 19.9 Å². The van der Waals surface area contributed by atoms with E-state index in [0.29, 0.717) is 43.5 Å². The quantitative estimate of drug-likeness (QED) is 0.199. The summed E-state index contributed by atoms with van der Waals surface area (Å²) in [7, 11) is -1.63. The number of hydrogen-bond acceptors (Lipinski definition) is 9. The summed E-state index contributed by atoms with van der Waals surface area (Å²) in [5.74, 6) is -1.04. The van der Waals surface area contributed by atoms with Gasteiger partial charge >= 0.3 is 13.8 Å². The second-order valence-corrected chi connectivity index (χ2v) is 14.0. The molecule has 13 nitrogen and oxygen atoms in total. The number of methoxy groups -OCH3 is 1. The highest BCUT2D eigenvalue weighted by atomic mass is 31.2. The molecule has 0 aliphatic carbocycles. The molecule has 2 aliphatic heterocycles. The van der Waals surface area contributed by atoms with E-state index < -0.39 is 30.3 Å². The molecule has 0 unspecified atom stereocenters. The van der Waals surface area contributed by atoms with Gasteiger partial charge in [0.2, 0.25) is 11.9 Å². The maximum Gasteiger partial charge on any atom is 0.421 e. The third kappa shape index (κ3) is 6.77. The number of nitrogens with zero attached hydrogens (tertiary/aromatic N) is 5. The number of halogens is 3. The lowest BCUT2D eigenvalue weighted by molar-refractivity contribution is -0.137. The molecular weight excluding hydrogens is 666 g/mol. The molecule has 0 bridgehead atoms. The summed E-state index contributed by atoms with van der Waals surface area (Å²) in [6.07, 6.45) is -3.91. The number of aromatic nitrogens is 2. The van der Waals surface area contributed by atoms with E-state index in [1.807, 2.05) is 0 Å². The SMILES string of the molecule is CCC(CC)(c1ccc(Nc2ncc(C(F)(F)F)c(Nc3ccc(N4CCN(C(C)=O)CC4)c4c3C(=O)N(C)C4)n2)c(OC)c1)P(=O)(O)O. The van der Waals surface area contributed by atoms with Crippen LogP contribution in [0.15, 0.2) is 36.5 Å². The van der Waals surface area contributed by atoms with Gasteiger partial charge in [0.1, 0.15) is 17.1 Å². The van der Waals surface area contributed by atoms with Crippen LogP contribution in [0.5, 0.6) is 5.75 Å². The first-order valence-electron chi connectivity index (χ1n) is 15.7. The van der Waals surface area contributed by atoms with Crippen LogP contribution in [0, 0.1) is 0 Å². The molecule has 2 amide bonds. The second-order valence-electron chi connectivity index (χ2n) is 12.0. The number of fused-ring (bicyclic) bond motifs is 1. The topological polar surface area (TPSA) is 160 Å². The van der Waals surface area contributed by atoms with Crippen molar-refractivity contribution in [3.8, 4) is 5.75 Å². The predicted octanol–water partition coefficient (Wildman–Crippen LogP) is 5.44. The number of nitrogens with one attached hydrogen (secondary N) is 2. The van der Waals surface area contributed by atoms with Crippen molar-refractivity contribution in [3.05, 3.63) is 58.8 Å². The molecule has 0 saturated carbocycles. The Balaban J connectivity index is 1.50. The lowest BCUT2D eigenvalue weighted by Gasteiger charge is -2.36. The molecule has 0 spiro atoms. The number of rotatable bonds is 10. The zero-order valence-corrected chi connectivity index (χ0v) is 28.7. The monoisotopic (exact) mass is 705 g/mol. The Hall–Kier alpha value is -4.40. The van der Waals surface area contributed by atoms with Gasteiger partial charge in [0.15, 0.2) is 0 Å². The highest BCUT2D eigenvalue weighted by molar-refractivity contribution is 7.53. The van der Waals surface area contributed by atoms with E-state index in [1.54, 1.807) is 37.9 Å². The number of alkyl halides is 3. The highest BCUT2D eigenvalue weighted by Gasteiger charge is 2.45. The average Bonchev–Trinajstić information content (AvgIpc) is 3.35. The van der Waals surface area contributed by atoms with Crippen molar-refractivity contribution in [2.45, 2.75) is 51.5 Å². The van der Waals surface area contributed by atoms with Crippen molar-refractivity contribution in [1.29, 1.82) is 0 Å². The zero-order chi connectivity index (χ0) is 35.9. The third-order valence-corrected chi connectivity index (χ3v) is 11.4. The van der Waals surface area contributed by atoms with E-state index in [1.165, 1.54) is 37.1 Å². The molecule has 264 valence electrons. The van der Waals surface area contributed by atoms with Gasteiger partial charge in [0, 0.05) is 64.1 Å². The molecule has 1 fully saturated rings. The summed E-state index contributed by atoms with van der Waals surface area (Å²) in [5, 5.41) is 4.15. The van der Waals surface area contributed by atoms with Crippen molar-refractivity contribution in [1.82, 2.24) is 19.8 Å². The summed E-state index contributed by atoms with van der Waals surface area (Å²) in [6.45, 7) is 7.21. The standard InChI is InChI=1S/C32H39F3N7O6P/c1-6-31(7-2,49(45,46)47)20-8-9-23(26(16-20)48-5)38-30-36-17-22(32(33,34)35)28(39-30)37-24-10-11-25(21-18-40(4)29(44)27(21)24)42-14-12-41(13-15-42)19(3)43/h8-11,16-17H,6-7,12-15,18H2,1-5H3,(H2,45,46,47)(H2,36,37,38,39). The number of carbonyl (C=O) groups is 2. The Morgan fingerprint density at radius 3 is 2.27 bits per heavy atom. The number of ether oxygens (including phenoxy) is 1. The third-order valence-electron chi connectivity index (χ3n) is 9.37. The van der Waals surface area contributed by atoms with E-state index in [4.69, 9.17) is 4.74 Å². The van der Waals surface area contributed by atoms with Crippen LogP contribution in [0.4, 0.5) is 42.0 Å². The van der Waals surface area contributed by atoms with Crippen LogP contribution < -0.4 is 20.3 Å². The van der Waals surface area contributed by atoms with Gasteiger partial charge < -0.3 is 39.9 Å². The molecule has 3 heterocycles. The Labute approximate surface area is 281 Å². The molecule has 49 heavy (non-hydrogen) atoms. The summed E-state index contributed by atoms with van der Waals surface area (Å²) in [4.78, 5) is 58.8. The Bertz CT molecular complexity index is 1810. The largest absolute Gasteiger partial charge is 0.495 e. The molecule has 0 atom stereocenters. The van der Waals surface area contributed by atoms with Crippen molar-refractivity contribution in [2.24, 2.45) is 0 Å². The Morgan fingerprint density at radius 1 is 1.04 bits per heavy atom. The van der Waals surface area contributed by atoms with Gasteiger partial charge in [-0.3, -0.25) is 14.2 Å². The van der Waals surface area contributed by atoms with Crippen LogP contribution in [-0.2, 0) is 27.2 Å². The van der Waals surface area contributed by atoms with Gasteiger partial charge in [-0.2, -0.15) is 18.2 Å². The first-order chi connectivity index (χ1) is 23.0. The van der Waals surface area contributed by atoms with Crippen molar-refractivity contribution in [2.75, 3.05) is 55.9 Å². The fourth-order valence-corrected chi connectivity index (χ4v) is 7.82. The first-order valence-corrected chi connectivity index (χ1v) is 17.3. The normalized spacial score (nSPS) is 15.4. The smallest absolute Gasteiger partial charge is 0.421 e. The Morgan fingerprint density at radius 2 is 1.69 bits per heavy atom. The average molecular weight is 706 g/mol.